The molecule has 3 rings (SSSR count). The SMILES string of the molecule is CC(C)(C)c1ccc(C(=O)Nc2cc3c(cc2O)CCCCC3)cc1. The number of aryl methyl sites for hydroxylation is 2. The lowest BCUT2D eigenvalue weighted by Crippen LogP contribution is -2.14. The van der Waals surface area contributed by atoms with Gasteiger partial charge < -0.3 is 10.4 Å². The van der Waals surface area contributed by atoms with Crippen LogP contribution in [0.4, 0.5) is 5.69 Å². The van der Waals surface area contributed by atoms with E-state index in [0.29, 0.717) is 11.3 Å². The van der Waals surface area contributed by atoms with Gasteiger partial charge in [-0.25, -0.2) is 0 Å². The number of carbonyl (C=O) groups excluding carboxylic acids is 1. The van der Waals surface area contributed by atoms with Crippen molar-refractivity contribution in [2.75, 3.05) is 5.32 Å². The fourth-order valence-electron chi connectivity index (χ4n) is 3.37. The molecule has 3 heteroatoms. The number of amides is 1. The molecule has 2 N–H and O–H groups in total. The third-order valence-corrected chi connectivity index (χ3v) is 4.97. The van der Waals surface area contributed by atoms with Crippen LogP contribution in [0.1, 0.15) is 67.1 Å². The zero-order chi connectivity index (χ0) is 18.0. The Morgan fingerprint density at radius 2 is 1.56 bits per heavy atom. The van der Waals surface area contributed by atoms with Crippen LogP contribution in [0, 0.1) is 0 Å². The number of aromatic hydroxyl groups is 1. The topological polar surface area (TPSA) is 49.3 Å². The number of fused-ring (bicyclic) bond motifs is 1. The summed E-state index contributed by atoms with van der Waals surface area (Å²) in [7, 11) is 0. The third kappa shape index (κ3) is 4.04. The number of phenols is 1. The van der Waals surface area contributed by atoms with Gasteiger partial charge in [0.1, 0.15) is 5.75 Å². The maximum Gasteiger partial charge on any atom is 0.255 e. The van der Waals surface area contributed by atoms with E-state index >= 15 is 0 Å². The normalized spacial score (nSPS) is 14.5. The summed E-state index contributed by atoms with van der Waals surface area (Å²) < 4.78 is 0. The predicted octanol–water partition coefficient (Wildman–Crippen LogP) is 5.21. The van der Waals surface area contributed by atoms with Crippen molar-refractivity contribution in [3.05, 3.63) is 58.7 Å². The number of benzene rings is 2. The summed E-state index contributed by atoms with van der Waals surface area (Å²) in [6.07, 6.45) is 5.57. The highest BCUT2D eigenvalue weighted by molar-refractivity contribution is 6.05. The lowest BCUT2D eigenvalue weighted by Gasteiger charge is -2.19. The molecule has 1 aliphatic carbocycles. The summed E-state index contributed by atoms with van der Waals surface area (Å²) in [5, 5.41) is 13.2. The molecule has 0 atom stereocenters. The molecule has 1 aliphatic rings. The van der Waals surface area contributed by atoms with Crippen molar-refractivity contribution in [1.29, 1.82) is 0 Å². The number of phenolic OH excluding ortho intramolecular Hbond substituents is 1. The van der Waals surface area contributed by atoms with E-state index in [-0.39, 0.29) is 17.1 Å². The standard InChI is InChI=1S/C22H27NO2/c1-22(2,3)18-11-9-15(10-12-18)21(25)23-19-13-16-7-5-4-6-8-17(16)14-20(19)24/h9-14,24H,4-8H2,1-3H3,(H,23,25). The molecule has 0 radical (unpaired) electrons. The largest absolute Gasteiger partial charge is 0.506 e. The fraction of sp³-hybridized carbons (Fsp3) is 0.409. The molecule has 0 saturated carbocycles. The molecule has 132 valence electrons. The zero-order valence-corrected chi connectivity index (χ0v) is 15.4. The predicted molar refractivity (Wildman–Crippen MR) is 102 cm³/mol. The van der Waals surface area contributed by atoms with Crippen molar-refractivity contribution in [3.63, 3.8) is 0 Å². The summed E-state index contributed by atoms with van der Waals surface area (Å²) in [5.74, 6) is -0.0374. The second kappa shape index (κ2) is 6.91. The Morgan fingerprint density at radius 1 is 0.960 bits per heavy atom. The van der Waals surface area contributed by atoms with Crippen LogP contribution in [0.2, 0.25) is 0 Å². The molecule has 3 nitrogen and oxygen atoms in total. The van der Waals surface area contributed by atoms with E-state index in [4.69, 9.17) is 0 Å². The van der Waals surface area contributed by atoms with E-state index in [9.17, 15) is 9.90 Å². The first kappa shape index (κ1) is 17.5. The third-order valence-electron chi connectivity index (χ3n) is 4.97. The Balaban J connectivity index is 1.80. The van der Waals surface area contributed by atoms with Crippen molar-refractivity contribution >= 4 is 11.6 Å². The number of anilines is 1. The van der Waals surface area contributed by atoms with Gasteiger partial charge in [-0.3, -0.25) is 4.79 Å². The van der Waals surface area contributed by atoms with Crippen molar-refractivity contribution in [2.24, 2.45) is 0 Å². The highest BCUT2D eigenvalue weighted by Gasteiger charge is 2.16. The van der Waals surface area contributed by atoms with Gasteiger partial charge in [-0.2, -0.15) is 0 Å². The summed E-state index contributed by atoms with van der Waals surface area (Å²) >= 11 is 0. The molecule has 0 aliphatic heterocycles. The molecule has 0 heterocycles. The van der Waals surface area contributed by atoms with E-state index in [1.165, 1.54) is 29.5 Å². The molecule has 0 bridgehead atoms. The number of carbonyl (C=O) groups is 1. The highest BCUT2D eigenvalue weighted by Crippen LogP contribution is 2.31. The molecule has 0 unspecified atom stereocenters. The maximum absolute atomic E-state index is 12.5. The average Bonchev–Trinajstić information content (AvgIpc) is 2.79. The summed E-state index contributed by atoms with van der Waals surface area (Å²) in [4.78, 5) is 12.5. The Kier molecular flexibility index (Phi) is 4.85. The minimum Gasteiger partial charge on any atom is -0.506 e. The van der Waals surface area contributed by atoms with Crippen molar-refractivity contribution < 1.29 is 9.90 Å². The van der Waals surface area contributed by atoms with Gasteiger partial charge in [0, 0.05) is 5.56 Å². The van der Waals surface area contributed by atoms with E-state index in [1.54, 1.807) is 0 Å². The minimum absolute atomic E-state index is 0.0598. The van der Waals surface area contributed by atoms with Gasteiger partial charge in [0.2, 0.25) is 0 Å². The Morgan fingerprint density at radius 3 is 2.16 bits per heavy atom. The van der Waals surface area contributed by atoms with E-state index in [2.05, 4.69) is 26.1 Å². The lowest BCUT2D eigenvalue weighted by atomic mass is 9.86. The molecule has 1 amide bonds. The number of hydrogen-bond donors (Lipinski definition) is 2. The molecule has 0 fully saturated rings. The van der Waals surface area contributed by atoms with Crippen molar-refractivity contribution in [3.8, 4) is 5.75 Å². The van der Waals surface area contributed by atoms with Gasteiger partial charge in [0.15, 0.2) is 0 Å². The molecule has 2 aromatic rings. The number of rotatable bonds is 2. The molecule has 2 aromatic carbocycles. The Hall–Kier alpha value is -2.29. The van der Waals surface area contributed by atoms with Gasteiger partial charge >= 0.3 is 0 Å². The van der Waals surface area contributed by atoms with Gasteiger partial charge in [-0.15, -0.1) is 0 Å². The summed E-state index contributed by atoms with van der Waals surface area (Å²) in [5.41, 5.74) is 4.81. The lowest BCUT2D eigenvalue weighted by molar-refractivity contribution is 0.102. The first-order valence-corrected chi connectivity index (χ1v) is 9.11. The molecule has 0 saturated heterocycles. The Labute approximate surface area is 150 Å². The van der Waals surface area contributed by atoms with Crippen LogP contribution < -0.4 is 5.32 Å². The van der Waals surface area contributed by atoms with E-state index in [1.807, 2.05) is 36.4 Å². The highest BCUT2D eigenvalue weighted by atomic mass is 16.3. The molecule has 0 spiro atoms. The number of hydrogen-bond acceptors (Lipinski definition) is 2. The first-order chi connectivity index (χ1) is 11.8. The van der Waals surface area contributed by atoms with Gasteiger partial charge in [-0.1, -0.05) is 39.3 Å². The van der Waals surface area contributed by atoms with Crippen LogP contribution in [0.5, 0.6) is 5.75 Å². The van der Waals surface area contributed by atoms with Gasteiger partial charge in [0.25, 0.3) is 5.91 Å². The van der Waals surface area contributed by atoms with Crippen LogP contribution in [-0.2, 0) is 18.3 Å². The molecule has 0 aromatic heterocycles. The summed E-state index contributed by atoms with van der Waals surface area (Å²) in [6.45, 7) is 6.45. The smallest absolute Gasteiger partial charge is 0.255 e. The molecular weight excluding hydrogens is 310 g/mol. The maximum atomic E-state index is 12.5. The second-order valence-electron chi connectivity index (χ2n) is 7.98. The second-order valence-corrected chi connectivity index (χ2v) is 7.98. The Bertz CT molecular complexity index is 770. The van der Waals surface area contributed by atoms with Crippen molar-refractivity contribution in [1.82, 2.24) is 0 Å². The molecule has 25 heavy (non-hydrogen) atoms. The fourth-order valence-corrected chi connectivity index (χ4v) is 3.37. The zero-order valence-electron chi connectivity index (χ0n) is 15.4. The van der Waals surface area contributed by atoms with E-state index in [0.717, 1.165) is 19.3 Å². The minimum atomic E-state index is -0.190. The number of nitrogens with one attached hydrogen (secondary N) is 1. The first-order valence-electron chi connectivity index (χ1n) is 9.11. The van der Waals surface area contributed by atoms with Gasteiger partial charge in [-0.05, 0) is 72.1 Å². The van der Waals surface area contributed by atoms with Gasteiger partial charge in [0.05, 0.1) is 5.69 Å². The monoisotopic (exact) mass is 337 g/mol. The average molecular weight is 337 g/mol. The quantitative estimate of drug-likeness (QED) is 0.584. The van der Waals surface area contributed by atoms with Crippen LogP contribution in [0.15, 0.2) is 36.4 Å². The van der Waals surface area contributed by atoms with Crippen molar-refractivity contribution in [2.45, 2.75) is 58.3 Å². The van der Waals surface area contributed by atoms with Crippen LogP contribution in [-0.4, -0.2) is 11.0 Å². The van der Waals surface area contributed by atoms with E-state index < -0.39 is 0 Å². The van der Waals surface area contributed by atoms with Crippen LogP contribution >= 0.6 is 0 Å². The van der Waals surface area contributed by atoms with Crippen LogP contribution in [0.25, 0.3) is 0 Å². The summed E-state index contributed by atoms with van der Waals surface area (Å²) in [6, 6.07) is 11.4. The molecular formula is C22H27NO2. The van der Waals surface area contributed by atoms with Crippen LogP contribution in [0.3, 0.4) is 0 Å².